The molecule has 1 heterocycles. The van der Waals surface area contributed by atoms with Crippen LogP contribution in [0.25, 0.3) is 5.69 Å². The van der Waals surface area contributed by atoms with Crippen molar-refractivity contribution in [2.45, 2.75) is 6.54 Å². The summed E-state index contributed by atoms with van der Waals surface area (Å²) in [6.45, 7) is 0.171. The molecule has 1 aromatic heterocycles. The number of nitrogens with zero attached hydrogens (tertiary/aromatic N) is 3. The Labute approximate surface area is 90.5 Å². The molecule has 4 nitrogen and oxygen atoms in total. The van der Waals surface area contributed by atoms with E-state index in [0.29, 0.717) is 5.82 Å². The summed E-state index contributed by atoms with van der Waals surface area (Å²) in [5.74, 6) is 0.00435. The van der Waals surface area contributed by atoms with Crippen molar-refractivity contribution in [2.75, 3.05) is 0 Å². The largest absolute Gasteiger partial charge is 0.324 e. The van der Waals surface area contributed by atoms with E-state index < -0.39 is 5.82 Å². The van der Waals surface area contributed by atoms with Crippen molar-refractivity contribution in [2.24, 2.45) is 5.73 Å². The molecule has 15 heavy (non-hydrogen) atoms. The van der Waals surface area contributed by atoms with Gasteiger partial charge in [0, 0.05) is 0 Å². The van der Waals surface area contributed by atoms with Crippen molar-refractivity contribution >= 4 is 11.6 Å². The fourth-order valence-corrected chi connectivity index (χ4v) is 1.53. The Morgan fingerprint density at radius 3 is 2.93 bits per heavy atom. The van der Waals surface area contributed by atoms with Crippen molar-refractivity contribution in [3.05, 3.63) is 41.2 Å². The molecule has 2 rings (SSSR count). The Kier molecular flexibility index (Phi) is 2.66. The van der Waals surface area contributed by atoms with Crippen LogP contribution >= 0.6 is 11.6 Å². The van der Waals surface area contributed by atoms with Gasteiger partial charge < -0.3 is 5.73 Å². The number of nitrogens with two attached hydrogens (primary N) is 1. The molecule has 0 saturated heterocycles. The highest BCUT2D eigenvalue weighted by Gasteiger charge is 2.13. The van der Waals surface area contributed by atoms with Gasteiger partial charge in [0.2, 0.25) is 0 Å². The highest BCUT2D eigenvalue weighted by molar-refractivity contribution is 6.32. The predicted octanol–water partition coefficient (Wildman–Crippen LogP) is 1.52. The van der Waals surface area contributed by atoms with E-state index in [1.807, 2.05) is 0 Å². The van der Waals surface area contributed by atoms with Crippen LogP contribution in [-0.4, -0.2) is 14.8 Å². The zero-order chi connectivity index (χ0) is 10.8. The van der Waals surface area contributed by atoms with Crippen LogP contribution in [0.4, 0.5) is 4.39 Å². The van der Waals surface area contributed by atoms with Crippen LogP contribution in [0.1, 0.15) is 5.82 Å². The van der Waals surface area contributed by atoms with Crippen molar-refractivity contribution in [1.82, 2.24) is 14.8 Å². The van der Waals surface area contributed by atoms with Crippen LogP contribution in [0.5, 0.6) is 0 Å². The Balaban J connectivity index is 2.63. The van der Waals surface area contributed by atoms with E-state index in [4.69, 9.17) is 17.3 Å². The summed E-state index contributed by atoms with van der Waals surface area (Å²) >= 11 is 5.88. The number of hydrogen-bond acceptors (Lipinski definition) is 3. The minimum atomic E-state index is -0.456. The summed E-state index contributed by atoms with van der Waals surface area (Å²) in [4.78, 5) is 3.89. The van der Waals surface area contributed by atoms with E-state index in [2.05, 4.69) is 10.1 Å². The van der Waals surface area contributed by atoms with Crippen LogP contribution in [-0.2, 0) is 6.54 Å². The van der Waals surface area contributed by atoms with Gasteiger partial charge >= 0.3 is 0 Å². The van der Waals surface area contributed by atoms with Crippen molar-refractivity contribution in [1.29, 1.82) is 0 Å². The average molecular weight is 227 g/mol. The number of halogens is 2. The molecule has 0 fully saturated rings. The summed E-state index contributed by atoms with van der Waals surface area (Å²) in [5, 5.41) is 4.15. The smallest absolute Gasteiger partial charge is 0.150 e. The molecule has 78 valence electrons. The summed E-state index contributed by atoms with van der Waals surface area (Å²) in [5.41, 5.74) is 5.62. The number of para-hydroxylation sites is 1. The van der Waals surface area contributed by atoms with Crippen LogP contribution in [0.2, 0.25) is 5.02 Å². The maximum absolute atomic E-state index is 13.5. The van der Waals surface area contributed by atoms with Gasteiger partial charge in [-0.2, -0.15) is 5.10 Å². The standard InChI is InChI=1S/C9H8ClFN4/c10-6-2-1-3-7(11)9(6)15-8(4-12)13-5-14-15/h1-3,5H,4,12H2. The molecule has 1 aromatic carbocycles. The fraction of sp³-hybridized carbons (Fsp3) is 0.111. The molecule has 6 heteroatoms. The maximum Gasteiger partial charge on any atom is 0.150 e. The van der Waals surface area contributed by atoms with E-state index in [1.165, 1.54) is 23.1 Å². The van der Waals surface area contributed by atoms with Crippen LogP contribution < -0.4 is 5.73 Å². The van der Waals surface area contributed by atoms with E-state index >= 15 is 0 Å². The van der Waals surface area contributed by atoms with E-state index in [-0.39, 0.29) is 17.3 Å². The first kappa shape index (κ1) is 10.1. The first-order valence-electron chi connectivity index (χ1n) is 4.27. The van der Waals surface area contributed by atoms with Gasteiger partial charge in [-0.15, -0.1) is 0 Å². The molecule has 0 radical (unpaired) electrons. The third-order valence-corrected chi connectivity index (χ3v) is 2.26. The van der Waals surface area contributed by atoms with Gasteiger partial charge in [-0.3, -0.25) is 0 Å². The molecule has 0 aliphatic carbocycles. The SMILES string of the molecule is NCc1ncnn1-c1c(F)cccc1Cl. The highest BCUT2D eigenvalue weighted by Crippen LogP contribution is 2.23. The van der Waals surface area contributed by atoms with Gasteiger partial charge in [-0.25, -0.2) is 14.1 Å². The first-order valence-corrected chi connectivity index (χ1v) is 4.65. The lowest BCUT2D eigenvalue weighted by Gasteiger charge is -2.07. The van der Waals surface area contributed by atoms with Crippen LogP contribution in [0.15, 0.2) is 24.5 Å². The highest BCUT2D eigenvalue weighted by atomic mass is 35.5. The van der Waals surface area contributed by atoms with Gasteiger partial charge in [0.05, 0.1) is 11.6 Å². The molecule has 0 bridgehead atoms. The lowest BCUT2D eigenvalue weighted by Crippen LogP contribution is -2.09. The third kappa shape index (κ3) is 1.71. The molecule has 0 aliphatic heterocycles. The average Bonchev–Trinajstić information content (AvgIpc) is 2.65. The predicted molar refractivity (Wildman–Crippen MR) is 54.2 cm³/mol. The fourth-order valence-electron chi connectivity index (χ4n) is 1.28. The molecule has 2 N–H and O–H groups in total. The summed E-state index contributed by atoms with van der Waals surface area (Å²) in [6.07, 6.45) is 1.31. The second-order valence-electron chi connectivity index (χ2n) is 2.86. The second-order valence-corrected chi connectivity index (χ2v) is 3.27. The molecule has 0 spiro atoms. The van der Waals surface area contributed by atoms with E-state index in [0.717, 1.165) is 0 Å². The molecule has 0 unspecified atom stereocenters. The zero-order valence-electron chi connectivity index (χ0n) is 7.69. The molecule has 0 atom stereocenters. The van der Waals surface area contributed by atoms with Crippen molar-refractivity contribution in [3.63, 3.8) is 0 Å². The topological polar surface area (TPSA) is 56.7 Å². The lowest BCUT2D eigenvalue weighted by atomic mass is 10.3. The zero-order valence-corrected chi connectivity index (χ0v) is 8.45. The van der Waals surface area contributed by atoms with E-state index in [1.54, 1.807) is 6.07 Å². The Bertz CT molecular complexity index is 462. The summed E-state index contributed by atoms with van der Waals surface area (Å²) < 4.78 is 14.8. The Hall–Kier alpha value is -1.46. The van der Waals surface area contributed by atoms with Crippen molar-refractivity contribution in [3.8, 4) is 5.69 Å². The maximum atomic E-state index is 13.5. The van der Waals surface area contributed by atoms with Gasteiger partial charge in [-0.05, 0) is 12.1 Å². The number of benzene rings is 1. The Morgan fingerprint density at radius 1 is 1.47 bits per heavy atom. The van der Waals surface area contributed by atoms with E-state index in [9.17, 15) is 4.39 Å². The number of aromatic nitrogens is 3. The molecule has 2 aromatic rings. The van der Waals surface area contributed by atoms with Crippen LogP contribution in [0, 0.1) is 5.82 Å². The molecule has 0 aliphatic rings. The lowest BCUT2D eigenvalue weighted by molar-refractivity contribution is 0.605. The third-order valence-electron chi connectivity index (χ3n) is 1.95. The Morgan fingerprint density at radius 2 is 2.27 bits per heavy atom. The molecule has 0 amide bonds. The monoisotopic (exact) mass is 226 g/mol. The normalized spacial score (nSPS) is 10.6. The summed E-state index contributed by atoms with van der Waals surface area (Å²) in [7, 11) is 0. The van der Waals surface area contributed by atoms with Crippen LogP contribution in [0.3, 0.4) is 0 Å². The summed E-state index contributed by atoms with van der Waals surface area (Å²) in [6, 6.07) is 4.42. The van der Waals surface area contributed by atoms with Gasteiger partial charge in [-0.1, -0.05) is 17.7 Å². The van der Waals surface area contributed by atoms with Gasteiger partial charge in [0.25, 0.3) is 0 Å². The number of hydrogen-bond donors (Lipinski definition) is 1. The van der Waals surface area contributed by atoms with Gasteiger partial charge in [0.1, 0.15) is 23.7 Å². The van der Waals surface area contributed by atoms with Crippen molar-refractivity contribution < 1.29 is 4.39 Å². The quantitative estimate of drug-likeness (QED) is 0.845. The van der Waals surface area contributed by atoms with Gasteiger partial charge in [0.15, 0.2) is 0 Å². The second kappa shape index (κ2) is 3.96. The molecule has 0 saturated carbocycles. The minimum absolute atomic E-state index is 0.171. The molecular weight excluding hydrogens is 219 g/mol. The molecular formula is C9H8ClFN4. The first-order chi connectivity index (χ1) is 7.24. The minimum Gasteiger partial charge on any atom is -0.324 e. The number of rotatable bonds is 2.